The van der Waals surface area contributed by atoms with Gasteiger partial charge in [0.15, 0.2) is 0 Å². The van der Waals surface area contributed by atoms with Gasteiger partial charge in [0.1, 0.15) is 0 Å². The third-order valence-electron chi connectivity index (χ3n) is 2.32. The number of hydrogen-bond donors (Lipinski definition) is 1. The summed E-state index contributed by atoms with van der Waals surface area (Å²) in [4.78, 5) is 10.5. The Kier molecular flexibility index (Phi) is 3.82. The van der Waals surface area contributed by atoms with Gasteiger partial charge in [0.2, 0.25) is 0 Å². The molecule has 16 heavy (non-hydrogen) atoms. The van der Waals surface area contributed by atoms with E-state index in [-0.39, 0.29) is 20.9 Å². The fourth-order valence-electron chi connectivity index (χ4n) is 1.57. The summed E-state index contributed by atoms with van der Waals surface area (Å²) in [6, 6.07) is 14.6. The van der Waals surface area contributed by atoms with Crippen LogP contribution in [0.1, 0.15) is 6.42 Å². The van der Waals surface area contributed by atoms with Crippen molar-refractivity contribution in [2.75, 3.05) is 0 Å². The third-order valence-corrected chi connectivity index (χ3v) is 5.39. The van der Waals surface area contributed by atoms with E-state index in [2.05, 4.69) is 30.3 Å². The number of hydrogen-bond acceptors (Lipinski definition) is 1. The molecule has 0 bridgehead atoms. The second kappa shape index (κ2) is 5.34. The first-order valence-electron chi connectivity index (χ1n) is 5.10. The van der Waals surface area contributed by atoms with E-state index in [1.807, 2.05) is 12.1 Å². The van der Waals surface area contributed by atoms with E-state index in [4.69, 9.17) is 5.11 Å². The molecule has 0 radical (unpaired) electrons. The average Bonchev–Trinajstić information content (AvgIpc) is 2.29. The van der Waals surface area contributed by atoms with Gasteiger partial charge in [0.05, 0.1) is 0 Å². The summed E-state index contributed by atoms with van der Waals surface area (Å²) in [5.74, 6) is -0.690. The molecular formula is C13H12O2Te. The topological polar surface area (TPSA) is 37.3 Å². The first-order valence-corrected chi connectivity index (χ1v) is 7.91. The number of benzene rings is 2. The van der Waals surface area contributed by atoms with Crippen molar-refractivity contribution >= 4 is 41.3 Å². The molecule has 0 heterocycles. The second-order valence-electron chi connectivity index (χ2n) is 3.47. The van der Waals surface area contributed by atoms with Crippen LogP contribution in [0.2, 0.25) is 4.47 Å². The minimum absolute atomic E-state index is 0.297. The first-order chi connectivity index (χ1) is 7.77. The van der Waals surface area contributed by atoms with Crippen molar-refractivity contribution in [3.63, 3.8) is 0 Å². The Hall–Kier alpha value is -1.04. The predicted molar refractivity (Wildman–Crippen MR) is 66.4 cm³/mol. The van der Waals surface area contributed by atoms with Crippen molar-refractivity contribution in [3.05, 3.63) is 42.5 Å². The molecule has 2 aromatic carbocycles. The normalized spacial score (nSPS) is 10.5. The van der Waals surface area contributed by atoms with E-state index >= 15 is 0 Å². The molecule has 3 heteroatoms. The van der Waals surface area contributed by atoms with Gasteiger partial charge >= 0.3 is 105 Å². The third kappa shape index (κ3) is 2.75. The van der Waals surface area contributed by atoms with Crippen molar-refractivity contribution in [2.45, 2.75) is 10.9 Å². The van der Waals surface area contributed by atoms with Crippen LogP contribution >= 0.6 is 0 Å². The fraction of sp³-hybridized carbons (Fsp3) is 0.154. The molecule has 2 rings (SSSR count). The van der Waals surface area contributed by atoms with Crippen molar-refractivity contribution < 1.29 is 9.90 Å². The molecule has 1 N–H and O–H groups in total. The van der Waals surface area contributed by atoms with Crippen LogP contribution in [0.3, 0.4) is 0 Å². The van der Waals surface area contributed by atoms with Crippen molar-refractivity contribution in [2.24, 2.45) is 0 Å². The fourth-order valence-corrected chi connectivity index (χ4v) is 4.46. The summed E-state index contributed by atoms with van der Waals surface area (Å²) in [5, 5.41) is 11.2. The predicted octanol–water partition coefficient (Wildman–Crippen LogP) is 2.06. The van der Waals surface area contributed by atoms with Crippen molar-refractivity contribution in [1.82, 2.24) is 0 Å². The zero-order chi connectivity index (χ0) is 11.4. The van der Waals surface area contributed by atoms with E-state index < -0.39 is 5.97 Å². The summed E-state index contributed by atoms with van der Waals surface area (Å²) < 4.78 is 2.19. The summed E-state index contributed by atoms with van der Waals surface area (Å²) in [6.45, 7) is 0. The molecule has 0 unspecified atom stereocenters. The Morgan fingerprint density at radius 1 is 1.12 bits per heavy atom. The number of fused-ring (bicyclic) bond motifs is 1. The van der Waals surface area contributed by atoms with Gasteiger partial charge in [-0.25, -0.2) is 0 Å². The van der Waals surface area contributed by atoms with Crippen molar-refractivity contribution in [1.29, 1.82) is 0 Å². The van der Waals surface area contributed by atoms with Gasteiger partial charge in [-0.05, 0) is 0 Å². The molecule has 0 aliphatic heterocycles. The van der Waals surface area contributed by atoms with Crippen LogP contribution in [0, 0.1) is 0 Å². The maximum absolute atomic E-state index is 10.5. The van der Waals surface area contributed by atoms with E-state index in [9.17, 15) is 4.79 Å². The molecule has 0 atom stereocenters. The molecule has 0 aliphatic rings. The zero-order valence-electron chi connectivity index (χ0n) is 8.72. The Bertz CT molecular complexity index is 503. The molecule has 2 nitrogen and oxygen atoms in total. The molecule has 0 amide bonds. The SMILES string of the molecule is O=C(O)CC[Te]c1cccc2ccccc12. The molecule has 0 saturated carbocycles. The Morgan fingerprint density at radius 2 is 1.88 bits per heavy atom. The molecule has 0 fully saturated rings. The summed E-state index contributed by atoms with van der Waals surface area (Å²) in [7, 11) is 0. The van der Waals surface area contributed by atoms with Crippen LogP contribution < -0.4 is 3.61 Å². The average molecular weight is 328 g/mol. The van der Waals surface area contributed by atoms with Gasteiger partial charge in [-0.3, -0.25) is 0 Å². The number of carboxylic acids is 1. The minimum atomic E-state index is -0.690. The standard InChI is InChI=1S/C13H12O2Te/c14-13(15)8-9-16-12-7-3-5-10-4-1-2-6-11(10)12/h1-7H,8-9H2,(H,14,15). The van der Waals surface area contributed by atoms with Gasteiger partial charge in [-0.1, -0.05) is 0 Å². The van der Waals surface area contributed by atoms with Crippen LogP contribution in [0.15, 0.2) is 42.5 Å². The molecule has 2 aromatic rings. The number of carboxylic acid groups (broad SMARTS) is 1. The Morgan fingerprint density at radius 3 is 2.69 bits per heavy atom. The van der Waals surface area contributed by atoms with Crippen LogP contribution in [0.25, 0.3) is 10.8 Å². The zero-order valence-corrected chi connectivity index (χ0v) is 11.0. The molecule has 82 valence electrons. The van der Waals surface area contributed by atoms with Gasteiger partial charge in [-0.15, -0.1) is 0 Å². The quantitative estimate of drug-likeness (QED) is 0.873. The summed E-state index contributed by atoms with van der Waals surface area (Å²) in [5.41, 5.74) is 0. The number of rotatable bonds is 4. The van der Waals surface area contributed by atoms with Crippen LogP contribution in [-0.2, 0) is 4.79 Å². The second-order valence-corrected chi connectivity index (χ2v) is 6.71. The van der Waals surface area contributed by atoms with E-state index in [0.717, 1.165) is 4.47 Å². The van der Waals surface area contributed by atoms with Gasteiger partial charge in [-0.2, -0.15) is 0 Å². The Balaban J connectivity index is 2.20. The van der Waals surface area contributed by atoms with E-state index in [0.29, 0.717) is 6.42 Å². The number of carbonyl (C=O) groups is 1. The van der Waals surface area contributed by atoms with Crippen LogP contribution in [0.5, 0.6) is 0 Å². The van der Waals surface area contributed by atoms with E-state index in [1.165, 1.54) is 14.4 Å². The van der Waals surface area contributed by atoms with Crippen LogP contribution in [-0.4, -0.2) is 32.0 Å². The van der Waals surface area contributed by atoms with Gasteiger partial charge in [0, 0.05) is 0 Å². The number of aliphatic carboxylic acids is 1. The van der Waals surface area contributed by atoms with Crippen LogP contribution in [0.4, 0.5) is 0 Å². The van der Waals surface area contributed by atoms with E-state index in [1.54, 1.807) is 0 Å². The summed E-state index contributed by atoms with van der Waals surface area (Å²) >= 11 is -0.375. The van der Waals surface area contributed by atoms with Gasteiger partial charge < -0.3 is 0 Å². The Labute approximate surface area is 104 Å². The van der Waals surface area contributed by atoms with Crippen molar-refractivity contribution in [3.8, 4) is 0 Å². The molecule has 0 aliphatic carbocycles. The molecule has 0 aromatic heterocycles. The monoisotopic (exact) mass is 330 g/mol. The first kappa shape index (κ1) is 11.4. The molecular weight excluding hydrogens is 316 g/mol. The van der Waals surface area contributed by atoms with Gasteiger partial charge in [0.25, 0.3) is 0 Å². The maximum atomic E-state index is 10.5. The molecule has 0 saturated heterocycles. The summed E-state index contributed by atoms with van der Waals surface area (Å²) in [6.07, 6.45) is 0.297. The molecule has 0 spiro atoms.